The van der Waals surface area contributed by atoms with E-state index in [0.29, 0.717) is 26.8 Å². The minimum atomic E-state index is -0.303. The molecule has 35 heavy (non-hydrogen) atoms. The number of amides is 1. The first-order valence-electron chi connectivity index (χ1n) is 11.1. The van der Waals surface area contributed by atoms with E-state index in [9.17, 15) is 9.59 Å². The van der Waals surface area contributed by atoms with Crippen LogP contribution < -0.4 is 11.0 Å². The number of carbonyl (C=O) groups excluding carboxylic acids is 1. The molecule has 4 aromatic rings. The molecule has 3 aromatic carbocycles. The molecule has 0 atom stereocenters. The van der Waals surface area contributed by atoms with E-state index >= 15 is 0 Å². The first kappa shape index (κ1) is 24.7. The van der Waals surface area contributed by atoms with E-state index in [1.807, 2.05) is 18.2 Å². The summed E-state index contributed by atoms with van der Waals surface area (Å²) in [6.45, 7) is 6.47. The van der Waals surface area contributed by atoms with Crippen molar-refractivity contribution < 1.29 is 4.79 Å². The maximum atomic E-state index is 13.2. The van der Waals surface area contributed by atoms with Crippen molar-refractivity contribution in [3.8, 4) is 5.69 Å². The minimum Gasteiger partial charge on any atom is -0.272 e. The number of nitrogens with one attached hydrogen (secondary N) is 1. The molecule has 1 N–H and O–H groups in total. The summed E-state index contributed by atoms with van der Waals surface area (Å²) in [5.74, 6) is -0.263. The number of nitrogens with zero attached hydrogens (tertiary/aromatic N) is 3. The molecule has 0 aliphatic rings. The third-order valence-corrected chi connectivity index (χ3v) is 6.53. The Morgan fingerprint density at radius 1 is 1.06 bits per heavy atom. The van der Waals surface area contributed by atoms with Gasteiger partial charge in [0.15, 0.2) is 5.16 Å². The van der Waals surface area contributed by atoms with Gasteiger partial charge in [0.05, 0.1) is 28.6 Å². The van der Waals surface area contributed by atoms with Gasteiger partial charge in [-0.25, -0.2) is 10.4 Å². The average molecular weight is 505 g/mol. The van der Waals surface area contributed by atoms with Crippen LogP contribution >= 0.6 is 23.4 Å². The van der Waals surface area contributed by atoms with Crippen LogP contribution in [0.2, 0.25) is 5.02 Å². The zero-order chi connectivity index (χ0) is 25.0. The van der Waals surface area contributed by atoms with Crippen LogP contribution in [-0.2, 0) is 10.2 Å². The topological polar surface area (TPSA) is 76.3 Å². The quantitative estimate of drug-likeness (QED) is 0.161. The lowest BCUT2D eigenvalue weighted by Gasteiger charge is -2.18. The van der Waals surface area contributed by atoms with Gasteiger partial charge in [0.1, 0.15) is 0 Å². The predicted molar refractivity (Wildman–Crippen MR) is 144 cm³/mol. The van der Waals surface area contributed by atoms with Crippen molar-refractivity contribution in [3.63, 3.8) is 0 Å². The van der Waals surface area contributed by atoms with E-state index in [-0.39, 0.29) is 22.6 Å². The summed E-state index contributed by atoms with van der Waals surface area (Å²) < 4.78 is 1.50. The molecule has 0 radical (unpaired) electrons. The van der Waals surface area contributed by atoms with E-state index in [1.165, 1.54) is 21.9 Å². The highest BCUT2D eigenvalue weighted by atomic mass is 35.5. The summed E-state index contributed by atoms with van der Waals surface area (Å²) in [5.41, 5.74) is 5.71. The summed E-state index contributed by atoms with van der Waals surface area (Å²) in [7, 11) is 0. The fraction of sp³-hybridized carbons (Fsp3) is 0.185. The van der Waals surface area contributed by atoms with Gasteiger partial charge in [0.25, 0.3) is 11.5 Å². The Bertz CT molecular complexity index is 1440. The van der Waals surface area contributed by atoms with E-state index in [4.69, 9.17) is 11.6 Å². The second kappa shape index (κ2) is 10.5. The maximum absolute atomic E-state index is 13.2. The summed E-state index contributed by atoms with van der Waals surface area (Å²) in [6.07, 6.45) is 1.60. The standard InChI is InChI=1S/C27H25ClN4O2S/c1-27(2,3)19-10-8-18(9-11-19)16-29-31-24(33)17-35-26-30-23-7-5-4-6-22(23)25(34)32(26)21-14-12-20(28)13-15-21/h4-16H,17H2,1-3H3,(H,31,33)/b29-16-. The summed E-state index contributed by atoms with van der Waals surface area (Å²) in [4.78, 5) is 30.3. The molecule has 1 aromatic heterocycles. The number of hydrazone groups is 1. The van der Waals surface area contributed by atoms with Crippen LogP contribution in [0.3, 0.4) is 0 Å². The highest BCUT2D eigenvalue weighted by molar-refractivity contribution is 7.99. The zero-order valence-corrected chi connectivity index (χ0v) is 21.2. The molecule has 0 spiro atoms. The molecule has 178 valence electrons. The second-order valence-electron chi connectivity index (χ2n) is 8.98. The Balaban J connectivity index is 1.50. The van der Waals surface area contributed by atoms with Gasteiger partial charge < -0.3 is 0 Å². The van der Waals surface area contributed by atoms with E-state index < -0.39 is 0 Å². The number of hydrogen-bond donors (Lipinski definition) is 1. The van der Waals surface area contributed by atoms with Crippen LogP contribution in [0, 0.1) is 0 Å². The SMILES string of the molecule is CC(C)(C)c1ccc(/C=N\NC(=O)CSc2nc3ccccc3c(=O)n2-c2ccc(Cl)cc2)cc1. The van der Waals surface area contributed by atoms with Crippen LogP contribution in [0.25, 0.3) is 16.6 Å². The molecule has 1 amide bonds. The summed E-state index contributed by atoms with van der Waals surface area (Å²) in [6, 6.07) is 22.1. The molecule has 1 heterocycles. The zero-order valence-electron chi connectivity index (χ0n) is 19.7. The van der Waals surface area contributed by atoms with Crippen LogP contribution in [0.5, 0.6) is 0 Å². The third-order valence-electron chi connectivity index (χ3n) is 5.34. The van der Waals surface area contributed by atoms with Crippen LogP contribution in [-0.4, -0.2) is 27.4 Å². The van der Waals surface area contributed by atoms with E-state index in [1.54, 1.807) is 48.7 Å². The molecule has 8 heteroatoms. The lowest BCUT2D eigenvalue weighted by molar-refractivity contribution is -0.118. The van der Waals surface area contributed by atoms with E-state index in [2.05, 4.69) is 48.4 Å². The van der Waals surface area contributed by atoms with Crippen molar-refractivity contribution in [1.29, 1.82) is 0 Å². The highest BCUT2D eigenvalue weighted by Gasteiger charge is 2.15. The Hall–Kier alpha value is -3.42. The molecular weight excluding hydrogens is 480 g/mol. The van der Waals surface area contributed by atoms with Gasteiger partial charge in [-0.3, -0.25) is 14.2 Å². The van der Waals surface area contributed by atoms with Crippen molar-refractivity contribution in [2.75, 3.05) is 5.75 Å². The van der Waals surface area contributed by atoms with Crippen molar-refractivity contribution in [3.05, 3.63) is 99.3 Å². The van der Waals surface area contributed by atoms with Gasteiger partial charge in [-0.2, -0.15) is 5.10 Å². The number of hydrogen-bond acceptors (Lipinski definition) is 5. The number of thioether (sulfide) groups is 1. The summed E-state index contributed by atoms with van der Waals surface area (Å²) in [5, 5.41) is 5.54. The average Bonchev–Trinajstić information content (AvgIpc) is 2.83. The maximum Gasteiger partial charge on any atom is 0.266 e. The lowest BCUT2D eigenvalue weighted by Crippen LogP contribution is -2.24. The van der Waals surface area contributed by atoms with Gasteiger partial charge in [0.2, 0.25) is 0 Å². The van der Waals surface area contributed by atoms with E-state index in [0.717, 1.165) is 5.56 Å². The van der Waals surface area contributed by atoms with Gasteiger partial charge >= 0.3 is 0 Å². The highest BCUT2D eigenvalue weighted by Crippen LogP contribution is 2.23. The second-order valence-corrected chi connectivity index (χ2v) is 10.4. The molecular formula is C27H25ClN4O2S. The number of aromatic nitrogens is 2. The van der Waals surface area contributed by atoms with Gasteiger partial charge in [-0.15, -0.1) is 0 Å². The lowest BCUT2D eigenvalue weighted by atomic mass is 9.87. The van der Waals surface area contributed by atoms with Gasteiger partial charge in [-0.1, -0.05) is 80.5 Å². The Morgan fingerprint density at radius 2 is 1.74 bits per heavy atom. The number of halogens is 1. The summed E-state index contributed by atoms with van der Waals surface area (Å²) >= 11 is 7.19. The van der Waals surface area contributed by atoms with Crippen molar-refractivity contribution in [2.45, 2.75) is 31.3 Å². The molecule has 0 saturated heterocycles. The molecule has 6 nitrogen and oxygen atoms in total. The Kier molecular flexibility index (Phi) is 7.38. The van der Waals surface area contributed by atoms with Crippen molar-refractivity contribution >= 4 is 46.4 Å². The largest absolute Gasteiger partial charge is 0.272 e. The Morgan fingerprint density at radius 3 is 2.43 bits per heavy atom. The molecule has 0 aliphatic heterocycles. The monoisotopic (exact) mass is 504 g/mol. The fourth-order valence-corrected chi connectivity index (χ4v) is 4.37. The number of carbonyl (C=O) groups is 1. The fourth-order valence-electron chi connectivity index (χ4n) is 3.44. The van der Waals surface area contributed by atoms with Crippen LogP contribution in [0.1, 0.15) is 31.9 Å². The van der Waals surface area contributed by atoms with Crippen LogP contribution in [0.15, 0.2) is 87.8 Å². The van der Waals surface area contributed by atoms with Gasteiger partial charge in [-0.05, 0) is 52.9 Å². The first-order chi connectivity index (χ1) is 16.7. The molecule has 4 rings (SSSR count). The number of rotatable bonds is 6. The number of para-hydroxylation sites is 1. The van der Waals surface area contributed by atoms with Crippen molar-refractivity contribution in [2.24, 2.45) is 5.10 Å². The van der Waals surface area contributed by atoms with Gasteiger partial charge in [0, 0.05) is 5.02 Å². The molecule has 0 fully saturated rings. The Labute approximate surface area is 213 Å². The molecule has 0 unspecified atom stereocenters. The normalized spacial score (nSPS) is 11.8. The number of fused-ring (bicyclic) bond motifs is 1. The van der Waals surface area contributed by atoms with Crippen molar-refractivity contribution in [1.82, 2.24) is 15.0 Å². The molecule has 0 aliphatic carbocycles. The number of benzene rings is 3. The first-order valence-corrected chi connectivity index (χ1v) is 12.4. The van der Waals surface area contributed by atoms with Crippen LogP contribution in [0.4, 0.5) is 0 Å². The molecule has 0 bridgehead atoms. The predicted octanol–water partition coefficient (Wildman–Crippen LogP) is 5.58. The minimum absolute atomic E-state index is 0.0403. The third kappa shape index (κ3) is 5.99. The molecule has 0 saturated carbocycles. The smallest absolute Gasteiger partial charge is 0.266 e.